The first-order chi connectivity index (χ1) is 18.0. The number of anilines is 1. The van der Waals surface area contributed by atoms with Crippen LogP contribution in [0, 0.1) is 0 Å². The van der Waals surface area contributed by atoms with Gasteiger partial charge >= 0.3 is 5.69 Å². The first kappa shape index (κ1) is 22.5. The van der Waals surface area contributed by atoms with Crippen molar-refractivity contribution < 1.29 is 10.2 Å². The van der Waals surface area contributed by atoms with Crippen LogP contribution in [-0.2, 0) is 6.54 Å². The maximum atomic E-state index is 12.0. The van der Waals surface area contributed by atoms with E-state index in [1.807, 2.05) is 92.0 Å². The van der Waals surface area contributed by atoms with Gasteiger partial charge in [0.1, 0.15) is 11.5 Å². The molecule has 0 saturated heterocycles. The average Bonchev–Trinajstić information content (AvgIpc) is 3.28. The monoisotopic (exact) mass is 487 g/mol. The number of aromatic nitrogens is 2. The molecule has 0 bridgehead atoms. The lowest BCUT2D eigenvalue weighted by atomic mass is 10.0. The normalized spacial score (nSPS) is 11.7. The van der Waals surface area contributed by atoms with Crippen LogP contribution in [0.2, 0.25) is 0 Å². The molecule has 6 nitrogen and oxygen atoms in total. The third kappa shape index (κ3) is 4.08. The second-order valence-electron chi connectivity index (χ2n) is 9.23. The number of imidazole rings is 1. The Morgan fingerprint density at radius 2 is 1.38 bits per heavy atom. The Bertz CT molecular complexity index is 1880. The van der Waals surface area contributed by atoms with E-state index in [0.717, 1.165) is 43.9 Å². The van der Waals surface area contributed by atoms with Gasteiger partial charge in [-0.25, -0.2) is 4.79 Å². The summed E-state index contributed by atoms with van der Waals surface area (Å²) in [5.41, 5.74) is 4.38. The van der Waals surface area contributed by atoms with Gasteiger partial charge in [-0.2, -0.15) is 0 Å². The van der Waals surface area contributed by atoms with Crippen molar-refractivity contribution in [2.45, 2.75) is 6.54 Å². The van der Waals surface area contributed by atoms with Gasteiger partial charge in [-0.3, -0.25) is 0 Å². The highest BCUT2D eigenvalue weighted by Crippen LogP contribution is 2.34. The molecule has 1 heterocycles. The smallest absolute Gasteiger partial charge is 0.323 e. The van der Waals surface area contributed by atoms with Gasteiger partial charge in [0, 0.05) is 36.0 Å². The molecule has 0 fully saturated rings. The van der Waals surface area contributed by atoms with Crippen molar-refractivity contribution in [2.24, 2.45) is 0 Å². The zero-order chi connectivity index (χ0) is 25.5. The SMILES string of the molecule is CN(Cc1c(O)ccc2ccccc12)c1cc2[nH]c(=O)[nH]c2cc1/C=C/c1c(O)ccc2ccccc12. The molecule has 0 saturated carbocycles. The Morgan fingerprint density at radius 3 is 2.14 bits per heavy atom. The molecule has 1 aromatic heterocycles. The summed E-state index contributed by atoms with van der Waals surface area (Å²) in [6.07, 6.45) is 3.84. The number of benzene rings is 5. The predicted molar refractivity (Wildman–Crippen MR) is 151 cm³/mol. The van der Waals surface area contributed by atoms with Crippen LogP contribution in [0.3, 0.4) is 0 Å². The topological polar surface area (TPSA) is 92.4 Å². The Labute approximate surface area is 212 Å². The van der Waals surface area contributed by atoms with E-state index < -0.39 is 0 Å². The van der Waals surface area contributed by atoms with Crippen molar-refractivity contribution in [1.29, 1.82) is 0 Å². The first-order valence-corrected chi connectivity index (χ1v) is 12.0. The molecule has 5 aromatic carbocycles. The Morgan fingerprint density at radius 1 is 0.757 bits per heavy atom. The minimum Gasteiger partial charge on any atom is -0.508 e. The number of nitrogens with zero attached hydrogens (tertiary/aromatic N) is 1. The van der Waals surface area contributed by atoms with Gasteiger partial charge in [0.25, 0.3) is 0 Å². The fourth-order valence-electron chi connectivity index (χ4n) is 5.00. The third-order valence-corrected chi connectivity index (χ3v) is 6.86. The van der Waals surface area contributed by atoms with Gasteiger partial charge in [-0.05, 0) is 51.9 Å². The summed E-state index contributed by atoms with van der Waals surface area (Å²) < 4.78 is 0. The second-order valence-corrected chi connectivity index (χ2v) is 9.23. The van der Waals surface area contributed by atoms with Crippen molar-refractivity contribution in [3.63, 3.8) is 0 Å². The van der Waals surface area contributed by atoms with Gasteiger partial charge in [0.2, 0.25) is 0 Å². The zero-order valence-corrected chi connectivity index (χ0v) is 20.2. The van der Waals surface area contributed by atoms with Crippen LogP contribution in [0.15, 0.2) is 89.7 Å². The summed E-state index contributed by atoms with van der Waals surface area (Å²) >= 11 is 0. The molecule has 4 N–H and O–H groups in total. The Hall–Kier alpha value is -4.97. The molecule has 37 heavy (non-hydrogen) atoms. The molecule has 0 aliphatic rings. The lowest BCUT2D eigenvalue weighted by Crippen LogP contribution is -2.17. The van der Waals surface area contributed by atoms with Crippen molar-refractivity contribution in [2.75, 3.05) is 11.9 Å². The van der Waals surface area contributed by atoms with Gasteiger partial charge in [0.05, 0.1) is 11.0 Å². The van der Waals surface area contributed by atoms with E-state index >= 15 is 0 Å². The lowest BCUT2D eigenvalue weighted by molar-refractivity contribution is 0.469. The summed E-state index contributed by atoms with van der Waals surface area (Å²) in [5.74, 6) is 0.432. The van der Waals surface area contributed by atoms with Crippen LogP contribution < -0.4 is 10.6 Å². The fraction of sp³-hybridized carbons (Fsp3) is 0.0645. The fourth-order valence-corrected chi connectivity index (χ4v) is 5.00. The zero-order valence-electron chi connectivity index (χ0n) is 20.2. The molecule has 0 aliphatic heterocycles. The van der Waals surface area contributed by atoms with Gasteiger partial charge in [-0.15, -0.1) is 0 Å². The highest BCUT2D eigenvalue weighted by molar-refractivity contribution is 5.97. The number of hydrogen-bond donors (Lipinski definition) is 4. The largest absolute Gasteiger partial charge is 0.508 e. The van der Waals surface area contributed by atoms with Crippen LogP contribution in [0.5, 0.6) is 11.5 Å². The van der Waals surface area contributed by atoms with Crippen molar-refractivity contribution in [1.82, 2.24) is 9.97 Å². The van der Waals surface area contributed by atoms with E-state index in [9.17, 15) is 15.0 Å². The van der Waals surface area contributed by atoms with E-state index in [-0.39, 0.29) is 17.2 Å². The first-order valence-electron chi connectivity index (χ1n) is 12.0. The maximum absolute atomic E-state index is 12.0. The summed E-state index contributed by atoms with van der Waals surface area (Å²) in [7, 11) is 1.96. The summed E-state index contributed by atoms with van der Waals surface area (Å²) in [4.78, 5) is 19.8. The molecule has 0 aliphatic carbocycles. The van der Waals surface area contributed by atoms with Crippen LogP contribution in [0.4, 0.5) is 5.69 Å². The van der Waals surface area contributed by atoms with Gasteiger partial charge in [0.15, 0.2) is 0 Å². The number of H-pyrrole nitrogens is 2. The minimum atomic E-state index is -0.275. The predicted octanol–water partition coefficient (Wildman–Crippen LogP) is 6.38. The standard InChI is InChI=1S/C31H25N3O3/c1-34(18-25-23-9-5-3-7-20(23)12-15-30(25)36)28-17-27-26(32-31(37)33-27)16-21(28)10-13-24-22-8-4-2-6-19(22)11-14-29(24)35/h2-17,35-36H,18H2,1H3,(H2,32,33,37)/b13-10+. The Kier molecular flexibility index (Phi) is 5.42. The van der Waals surface area contributed by atoms with Crippen LogP contribution in [0.25, 0.3) is 44.7 Å². The van der Waals surface area contributed by atoms with E-state index in [1.54, 1.807) is 12.1 Å². The molecular weight excluding hydrogens is 462 g/mol. The maximum Gasteiger partial charge on any atom is 0.323 e. The molecule has 0 spiro atoms. The summed E-state index contributed by atoms with van der Waals surface area (Å²) in [6.45, 7) is 0.452. The molecule has 0 unspecified atom stereocenters. The summed E-state index contributed by atoms with van der Waals surface area (Å²) in [5, 5.41) is 25.4. The van der Waals surface area contributed by atoms with Crippen LogP contribution >= 0.6 is 0 Å². The highest BCUT2D eigenvalue weighted by Gasteiger charge is 2.15. The Balaban J connectivity index is 1.47. The van der Waals surface area contributed by atoms with Crippen molar-refractivity contribution in [3.8, 4) is 11.5 Å². The van der Waals surface area contributed by atoms with Crippen LogP contribution in [-0.4, -0.2) is 27.2 Å². The number of phenolic OH excluding ortho intramolecular Hbond substituents is 2. The molecule has 0 radical (unpaired) electrons. The van der Waals surface area contributed by atoms with Gasteiger partial charge in [-0.1, -0.05) is 66.7 Å². The molecule has 0 amide bonds. The van der Waals surface area contributed by atoms with E-state index in [0.29, 0.717) is 17.6 Å². The molecule has 6 aromatic rings. The summed E-state index contributed by atoms with van der Waals surface area (Å²) in [6, 6.07) is 27.0. The number of nitrogens with one attached hydrogen (secondary N) is 2. The van der Waals surface area contributed by atoms with Crippen molar-refractivity contribution >= 4 is 50.4 Å². The van der Waals surface area contributed by atoms with E-state index in [1.165, 1.54) is 0 Å². The van der Waals surface area contributed by atoms with Gasteiger partial charge < -0.3 is 25.1 Å². The molecule has 0 atom stereocenters. The van der Waals surface area contributed by atoms with Crippen LogP contribution in [0.1, 0.15) is 16.7 Å². The van der Waals surface area contributed by atoms with E-state index in [4.69, 9.17) is 0 Å². The third-order valence-electron chi connectivity index (χ3n) is 6.86. The number of fused-ring (bicyclic) bond motifs is 3. The molecule has 182 valence electrons. The average molecular weight is 488 g/mol. The van der Waals surface area contributed by atoms with E-state index in [2.05, 4.69) is 14.9 Å². The van der Waals surface area contributed by atoms with Crippen molar-refractivity contribution in [3.05, 3.63) is 112 Å². The molecular formula is C31H25N3O3. The number of aromatic amines is 2. The number of phenols is 2. The number of rotatable bonds is 5. The lowest BCUT2D eigenvalue weighted by Gasteiger charge is -2.23. The number of aromatic hydroxyl groups is 2. The highest BCUT2D eigenvalue weighted by atomic mass is 16.3. The minimum absolute atomic E-state index is 0.196. The number of hydrogen-bond acceptors (Lipinski definition) is 4. The quantitative estimate of drug-likeness (QED) is 0.212. The molecule has 6 rings (SSSR count). The second kappa shape index (κ2) is 8.91. The molecule has 6 heteroatoms.